The van der Waals surface area contributed by atoms with Crippen LogP contribution < -0.4 is 0 Å². The molecule has 0 aromatic rings. The van der Waals surface area contributed by atoms with Gasteiger partial charge in [-0.05, 0) is 0 Å². The Bertz CT molecular complexity index is 27.2. The van der Waals surface area contributed by atoms with E-state index < -0.39 is 18.1 Å². The number of rotatable bonds is 0. The third kappa shape index (κ3) is 47.4. The molecule has 0 aliphatic heterocycles. The van der Waals surface area contributed by atoms with Crippen LogP contribution in [0.2, 0.25) is 0 Å². The van der Waals surface area contributed by atoms with E-state index in [1.807, 2.05) is 0 Å². The van der Waals surface area contributed by atoms with E-state index in [1.165, 1.54) is 0 Å². The summed E-state index contributed by atoms with van der Waals surface area (Å²) >= 11 is -5.00. The van der Waals surface area contributed by atoms with E-state index in [1.54, 1.807) is 0 Å². The van der Waals surface area contributed by atoms with Gasteiger partial charge in [-0.2, -0.15) is 0 Å². The minimum atomic E-state index is -5.00. The van der Waals surface area contributed by atoms with Crippen LogP contribution in [-0.4, -0.2) is 93.2 Å². The predicted molar refractivity (Wildman–Crippen MR) is 24.6 cm³/mol. The Hall–Kier alpha value is 3.13. The fourth-order valence-electron chi connectivity index (χ4n) is 0. The molecule has 4 N–H and O–H groups in total. The Morgan fingerprint density at radius 2 is 0.857 bits per heavy atom. The van der Waals surface area contributed by atoms with Gasteiger partial charge >= 0.3 is 111 Å². The van der Waals surface area contributed by atoms with Crippen LogP contribution in [0.15, 0.2) is 0 Å². The second kappa shape index (κ2) is 7.24. The molecular formula is H7BaNaO4Ti. The van der Waals surface area contributed by atoms with Gasteiger partial charge in [-0.25, -0.2) is 0 Å². The monoisotopic (exact) mass is 280 g/mol. The van der Waals surface area contributed by atoms with Crippen LogP contribution in [-0.2, 0) is 18.1 Å². The van der Waals surface area contributed by atoms with Gasteiger partial charge in [0.1, 0.15) is 0 Å². The summed E-state index contributed by atoms with van der Waals surface area (Å²) in [6.07, 6.45) is 0. The Morgan fingerprint density at radius 3 is 0.857 bits per heavy atom. The van der Waals surface area contributed by atoms with E-state index in [-0.39, 0.29) is 78.4 Å². The van der Waals surface area contributed by atoms with Crippen LogP contribution in [0.25, 0.3) is 0 Å². The first-order valence-electron chi connectivity index (χ1n) is 0.894. The topological polar surface area (TPSA) is 80.9 Å². The maximum atomic E-state index is 7.38. The number of hydrogen-bond donors (Lipinski definition) is 4. The van der Waals surface area contributed by atoms with Crippen molar-refractivity contribution in [2.75, 3.05) is 0 Å². The van der Waals surface area contributed by atoms with Gasteiger partial charge in [0.2, 0.25) is 0 Å². The molecule has 0 heterocycles. The Balaban J connectivity index is -0.0000000800. The summed E-state index contributed by atoms with van der Waals surface area (Å²) in [4.78, 5) is 0. The standard InChI is InChI=1S/Ba.Na.4H2O.Ti.3H/h;;4*1H2;;;;/q;;;;;;+4;;;/p-4. The van der Waals surface area contributed by atoms with Crippen molar-refractivity contribution in [3.05, 3.63) is 0 Å². The van der Waals surface area contributed by atoms with Crippen molar-refractivity contribution in [3.8, 4) is 0 Å². The van der Waals surface area contributed by atoms with Gasteiger partial charge in [0.25, 0.3) is 0 Å². The number of hydrogen-bond acceptors (Lipinski definition) is 4. The first kappa shape index (κ1) is 16.6. The molecule has 0 rings (SSSR count). The van der Waals surface area contributed by atoms with Gasteiger partial charge in [-0.1, -0.05) is 0 Å². The molecule has 0 fully saturated rings. The van der Waals surface area contributed by atoms with Crippen LogP contribution in [0.1, 0.15) is 0 Å². The predicted octanol–water partition coefficient (Wildman–Crippen LogP) is -3.80. The summed E-state index contributed by atoms with van der Waals surface area (Å²) in [6.45, 7) is 0. The summed E-state index contributed by atoms with van der Waals surface area (Å²) in [6, 6.07) is 0. The Labute approximate surface area is 109 Å². The quantitative estimate of drug-likeness (QED) is 0.343. The van der Waals surface area contributed by atoms with E-state index >= 15 is 0 Å². The summed E-state index contributed by atoms with van der Waals surface area (Å²) < 4.78 is 29.5. The van der Waals surface area contributed by atoms with Crippen molar-refractivity contribution in [1.29, 1.82) is 0 Å². The molecule has 7 heavy (non-hydrogen) atoms. The van der Waals surface area contributed by atoms with E-state index in [4.69, 9.17) is 14.8 Å². The van der Waals surface area contributed by atoms with E-state index in [0.717, 1.165) is 0 Å². The average Bonchev–Trinajstić information content (AvgIpc) is 0.722. The Morgan fingerprint density at radius 1 is 0.857 bits per heavy atom. The average molecular weight is 279 g/mol. The van der Waals surface area contributed by atoms with E-state index in [2.05, 4.69) is 0 Å². The second-order valence-electron chi connectivity index (χ2n) is 0.600. The molecule has 0 bridgehead atoms. The first-order valence-corrected chi connectivity index (χ1v) is 3.69. The SMILES string of the molecule is [BaH2].[NaH].[OH][Ti]([OH])([OH])[OH]. The van der Waals surface area contributed by atoms with E-state index in [9.17, 15) is 0 Å². The van der Waals surface area contributed by atoms with Crippen LogP contribution in [0.3, 0.4) is 0 Å². The molecule has 38 valence electrons. The molecule has 0 unspecified atom stereocenters. The zero-order valence-electron chi connectivity index (χ0n) is 2.29. The minimum absolute atomic E-state index is 0. The molecule has 0 saturated heterocycles. The summed E-state index contributed by atoms with van der Waals surface area (Å²) in [5.41, 5.74) is 0. The molecule has 0 aromatic carbocycles. The van der Waals surface area contributed by atoms with E-state index in [0.29, 0.717) is 0 Å². The summed E-state index contributed by atoms with van der Waals surface area (Å²) in [7, 11) is 0. The van der Waals surface area contributed by atoms with Crippen LogP contribution in [0.4, 0.5) is 0 Å². The Kier molecular flexibility index (Phi) is 17.2. The molecule has 0 spiro atoms. The van der Waals surface area contributed by atoms with Crippen molar-refractivity contribution < 1.29 is 32.9 Å². The molecule has 0 atom stereocenters. The zero-order valence-corrected chi connectivity index (χ0v) is 3.85. The van der Waals surface area contributed by atoms with Gasteiger partial charge in [-0.3, -0.25) is 0 Å². The third-order valence-corrected chi connectivity index (χ3v) is 0. The molecule has 0 amide bonds. The van der Waals surface area contributed by atoms with Gasteiger partial charge in [-0.15, -0.1) is 0 Å². The third-order valence-electron chi connectivity index (χ3n) is 0. The van der Waals surface area contributed by atoms with Gasteiger partial charge < -0.3 is 0 Å². The van der Waals surface area contributed by atoms with Gasteiger partial charge in [0, 0.05) is 0 Å². The zero-order chi connectivity index (χ0) is 4.50. The van der Waals surface area contributed by atoms with Crippen molar-refractivity contribution in [1.82, 2.24) is 0 Å². The van der Waals surface area contributed by atoms with Crippen LogP contribution in [0, 0.1) is 0 Å². The van der Waals surface area contributed by atoms with Crippen molar-refractivity contribution in [2.24, 2.45) is 0 Å². The fraction of sp³-hybridized carbons (Fsp3) is 0. The van der Waals surface area contributed by atoms with Crippen LogP contribution in [0.5, 0.6) is 0 Å². The maximum absolute atomic E-state index is 7.38. The molecule has 0 saturated carbocycles. The molecule has 7 heteroatoms. The molecule has 0 aliphatic carbocycles. The van der Waals surface area contributed by atoms with Crippen molar-refractivity contribution in [3.63, 3.8) is 0 Å². The summed E-state index contributed by atoms with van der Waals surface area (Å²) in [5, 5.41) is 0. The second-order valence-corrected chi connectivity index (χ2v) is 2.47. The van der Waals surface area contributed by atoms with Crippen LogP contribution >= 0.6 is 0 Å². The molecule has 0 aliphatic rings. The summed E-state index contributed by atoms with van der Waals surface area (Å²) in [5.74, 6) is 0. The first-order chi connectivity index (χ1) is 2.00. The molecule has 4 nitrogen and oxygen atoms in total. The molecule has 0 radical (unpaired) electrons. The van der Waals surface area contributed by atoms with Crippen molar-refractivity contribution in [2.45, 2.75) is 0 Å². The fourth-order valence-corrected chi connectivity index (χ4v) is 0. The van der Waals surface area contributed by atoms with Crippen molar-refractivity contribution >= 4 is 78.4 Å². The molecule has 0 aromatic heterocycles. The molecular weight excluding hydrogens is 272 g/mol. The normalized spacial score (nSPS) is 8.57. The van der Waals surface area contributed by atoms with Gasteiger partial charge in [0.15, 0.2) is 0 Å². The van der Waals surface area contributed by atoms with Gasteiger partial charge in [0.05, 0.1) is 0 Å².